The quantitative estimate of drug-likeness (QED) is 0.739. The summed E-state index contributed by atoms with van der Waals surface area (Å²) in [5, 5.41) is 14.2. The molecule has 0 bridgehead atoms. The highest BCUT2D eigenvalue weighted by atomic mass is 15.3. The number of nitrogens with zero attached hydrogens (tertiary/aromatic N) is 4. The van der Waals surface area contributed by atoms with Crippen molar-refractivity contribution >= 4 is 17.6 Å². The third-order valence-corrected chi connectivity index (χ3v) is 5.59. The smallest absolute Gasteiger partial charge is 0.227 e. The van der Waals surface area contributed by atoms with Gasteiger partial charge in [0, 0.05) is 37.0 Å². The number of H-pyrrole nitrogens is 1. The van der Waals surface area contributed by atoms with E-state index in [4.69, 9.17) is 4.98 Å². The number of aromatic nitrogens is 4. The molecule has 2 fully saturated rings. The van der Waals surface area contributed by atoms with Crippen LogP contribution in [0.1, 0.15) is 50.1 Å². The minimum atomic E-state index is 0.636. The van der Waals surface area contributed by atoms with Crippen LogP contribution in [0.5, 0.6) is 0 Å². The first kappa shape index (κ1) is 17.3. The van der Waals surface area contributed by atoms with Gasteiger partial charge in [0.15, 0.2) is 5.82 Å². The fraction of sp³-hybridized carbons (Fsp3) is 0.632. The molecule has 1 aliphatic heterocycles. The number of hydrogen-bond acceptors (Lipinski definition) is 6. The van der Waals surface area contributed by atoms with Crippen LogP contribution in [0.4, 0.5) is 17.6 Å². The fourth-order valence-corrected chi connectivity index (χ4v) is 4.25. The summed E-state index contributed by atoms with van der Waals surface area (Å²) >= 11 is 0. The van der Waals surface area contributed by atoms with Gasteiger partial charge in [-0.15, -0.1) is 0 Å². The van der Waals surface area contributed by atoms with Gasteiger partial charge >= 0.3 is 0 Å². The van der Waals surface area contributed by atoms with Crippen molar-refractivity contribution in [2.75, 3.05) is 36.9 Å². The molecular weight excluding hydrogens is 326 g/mol. The van der Waals surface area contributed by atoms with Crippen molar-refractivity contribution in [1.29, 1.82) is 0 Å². The molecule has 3 N–H and O–H groups in total. The van der Waals surface area contributed by atoms with Crippen molar-refractivity contribution in [3.8, 4) is 0 Å². The van der Waals surface area contributed by atoms with Crippen molar-refractivity contribution in [3.63, 3.8) is 0 Å². The van der Waals surface area contributed by atoms with E-state index in [1.165, 1.54) is 44.2 Å². The van der Waals surface area contributed by atoms with Crippen LogP contribution in [0.15, 0.2) is 18.3 Å². The van der Waals surface area contributed by atoms with Crippen LogP contribution < -0.4 is 15.5 Å². The predicted octanol–water partition coefficient (Wildman–Crippen LogP) is 3.04. The second-order valence-corrected chi connectivity index (χ2v) is 7.57. The van der Waals surface area contributed by atoms with Crippen LogP contribution in [0.2, 0.25) is 0 Å². The van der Waals surface area contributed by atoms with E-state index < -0.39 is 0 Å². The summed E-state index contributed by atoms with van der Waals surface area (Å²) < 4.78 is 0. The zero-order valence-electron chi connectivity index (χ0n) is 15.5. The molecule has 1 aliphatic carbocycles. The molecule has 140 valence electrons. The average Bonchev–Trinajstić information content (AvgIpc) is 3.34. The van der Waals surface area contributed by atoms with Gasteiger partial charge in [0.1, 0.15) is 5.82 Å². The highest BCUT2D eigenvalue weighted by molar-refractivity contribution is 5.53. The lowest BCUT2D eigenvalue weighted by Crippen LogP contribution is -2.39. The van der Waals surface area contributed by atoms with Crippen LogP contribution in [0.3, 0.4) is 0 Å². The molecule has 1 saturated carbocycles. The van der Waals surface area contributed by atoms with Gasteiger partial charge in [-0.25, -0.2) is 4.98 Å². The molecule has 0 aromatic carbocycles. The third-order valence-electron chi connectivity index (χ3n) is 5.59. The van der Waals surface area contributed by atoms with E-state index in [-0.39, 0.29) is 0 Å². The Labute approximate surface area is 155 Å². The first-order valence-corrected chi connectivity index (χ1v) is 9.87. The molecule has 0 spiro atoms. The topological polar surface area (TPSA) is 81.8 Å². The summed E-state index contributed by atoms with van der Waals surface area (Å²) in [5.41, 5.74) is 1.24. The molecule has 2 aromatic heterocycles. The first-order chi connectivity index (χ1) is 12.8. The standard InChI is InChI=1S/C19H29N7/c1-20-12-14-5-4-10-26(13-14)19-21-9-8-17(23-19)22-18-11-16(24-25-18)15-6-2-3-7-15/h8-9,11,14-15,20H,2-7,10,12-13H2,1H3,(H2,21,22,23,24,25)/t14-/m0/s1. The lowest BCUT2D eigenvalue weighted by molar-refractivity contribution is 0.399. The predicted molar refractivity (Wildman–Crippen MR) is 104 cm³/mol. The van der Waals surface area contributed by atoms with E-state index in [1.54, 1.807) is 0 Å². The Bertz CT molecular complexity index is 705. The fourth-order valence-electron chi connectivity index (χ4n) is 4.25. The molecule has 7 nitrogen and oxygen atoms in total. The molecule has 2 aromatic rings. The van der Waals surface area contributed by atoms with E-state index >= 15 is 0 Å². The SMILES string of the molecule is CNC[C@@H]1CCCN(c2nccc(Nc3cc(C4CCCC4)[nH]n3)n2)C1. The van der Waals surface area contributed by atoms with Gasteiger partial charge in [0.05, 0.1) is 0 Å². The Morgan fingerprint density at radius 1 is 1.19 bits per heavy atom. The lowest BCUT2D eigenvalue weighted by atomic mass is 9.98. The van der Waals surface area contributed by atoms with Gasteiger partial charge in [-0.2, -0.15) is 10.1 Å². The summed E-state index contributed by atoms with van der Waals surface area (Å²) in [7, 11) is 2.02. The van der Waals surface area contributed by atoms with Gasteiger partial charge in [0.25, 0.3) is 0 Å². The monoisotopic (exact) mass is 355 g/mol. The zero-order valence-corrected chi connectivity index (χ0v) is 15.5. The Balaban J connectivity index is 1.42. The average molecular weight is 355 g/mol. The number of aromatic amines is 1. The maximum Gasteiger partial charge on any atom is 0.227 e. The van der Waals surface area contributed by atoms with Gasteiger partial charge in [0.2, 0.25) is 5.95 Å². The molecule has 0 unspecified atom stereocenters. The molecule has 7 heteroatoms. The Morgan fingerprint density at radius 2 is 2.08 bits per heavy atom. The van der Waals surface area contributed by atoms with Gasteiger partial charge in [-0.05, 0) is 51.3 Å². The van der Waals surface area contributed by atoms with Gasteiger partial charge in [-0.3, -0.25) is 5.10 Å². The third kappa shape index (κ3) is 3.98. The number of anilines is 3. The summed E-state index contributed by atoms with van der Waals surface area (Å²) in [6.07, 6.45) is 9.48. The molecule has 4 rings (SSSR count). The largest absolute Gasteiger partial charge is 0.340 e. The maximum atomic E-state index is 4.72. The lowest BCUT2D eigenvalue weighted by Gasteiger charge is -2.32. The zero-order chi connectivity index (χ0) is 17.8. The highest BCUT2D eigenvalue weighted by Gasteiger charge is 2.22. The van der Waals surface area contributed by atoms with E-state index in [1.807, 2.05) is 19.3 Å². The van der Waals surface area contributed by atoms with E-state index in [0.29, 0.717) is 11.8 Å². The molecule has 0 amide bonds. The van der Waals surface area contributed by atoms with Crippen molar-refractivity contribution in [3.05, 3.63) is 24.0 Å². The number of nitrogens with one attached hydrogen (secondary N) is 3. The summed E-state index contributed by atoms with van der Waals surface area (Å²) in [6, 6.07) is 4.03. The Hall–Kier alpha value is -2.15. The molecule has 1 atom stereocenters. The molecule has 2 aliphatic rings. The van der Waals surface area contributed by atoms with Crippen LogP contribution in [0.25, 0.3) is 0 Å². The second-order valence-electron chi connectivity index (χ2n) is 7.57. The van der Waals surface area contributed by atoms with Gasteiger partial charge < -0.3 is 15.5 Å². The number of hydrogen-bond donors (Lipinski definition) is 3. The molecule has 3 heterocycles. The van der Waals surface area contributed by atoms with E-state index in [2.05, 4.69) is 36.8 Å². The summed E-state index contributed by atoms with van der Waals surface area (Å²) in [6.45, 7) is 3.09. The van der Waals surface area contributed by atoms with Crippen molar-refractivity contribution < 1.29 is 0 Å². The van der Waals surface area contributed by atoms with E-state index in [9.17, 15) is 0 Å². The van der Waals surface area contributed by atoms with Crippen LogP contribution in [-0.4, -0.2) is 46.8 Å². The molecule has 26 heavy (non-hydrogen) atoms. The van der Waals surface area contributed by atoms with Gasteiger partial charge in [-0.1, -0.05) is 12.8 Å². The van der Waals surface area contributed by atoms with E-state index in [0.717, 1.165) is 37.2 Å². The normalized spacial score (nSPS) is 21.3. The maximum absolute atomic E-state index is 4.72. The van der Waals surface area contributed by atoms with Crippen LogP contribution in [0, 0.1) is 5.92 Å². The number of rotatable bonds is 6. The van der Waals surface area contributed by atoms with Crippen molar-refractivity contribution in [2.24, 2.45) is 5.92 Å². The van der Waals surface area contributed by atoms with Crippen molar-refractivity contribution in [1.82, 2.24) is 25.5 Å². The first-order valence-electron chi connectivity index (χ1n) is 9.87. The second kappa shape index (κ2) is 8.03. The molecule has 0 radical (unpaired) electrons. The minimum Gasteiger partial charge on any atom is -0.340 e. The Kier molecular flexibility index (Phi) is 5.34. The van der Waals surface area contributed by atoms with Crippen LogP contribution in [-0.2, 0) is 0 Å². The van der Waals surface area contributed by atoms with Crippen LogP contribution >= 0.6 is 0 Å². The van der Waals surface area contributed by atoms with Crippen molar-refractivity contribution in [2.45, 2.75) is 44.4 Å². The summed E-state index contributed by atoms with van der Waals surface area (Å²) in [5.74, 6) is 3.74. The molecular formula is C19H29N7. The Morgan fingerprint density at radius 3 is 2.92 bits per heavy atom. The minimum absolute atomic E-state index is 0.636. The summed E-state index contributed by atoms with van der Waals surface area (Å²) in [4.78, 5) is 11.5. The number of piperidine rings is 1. The highest BCUT2D eigenvalue weighted by Crippen LogP contribution is 2.34. The molecule has 1 saturated heterocycles.